The Bertz CT molecular complexity index is 784. The number of likely N-dealkylation sites (tertiary alicyclic amines) is 1. The molecule has 0 unspecified atom stereocenters. The van der Waals surface area contributed by atoms with Gasteiger partial charge in [-0.05, 0) is 44.2 Å². The van der Waals surface area contributed by atoms with Crippen LogP contribution in [0.25, 0.3) is 0 Å². The summed E-state index contributed by atoms with van der Waals surface area (Å²) in [5.41, 5.74) is 5.04. The number of halogens is 3. The Morgan fingerprint density at radius 3 is 2.55 bits per heavy atom. The highest BCUT2D eigenvalue weighted by Gasteiger charge is 2.40. The van der Waals surface area contributed by atoms with Crippen LogP contribution in [0.15, 0.2) is 29.3 Å². The van der Waals surface area contributed by atoms with Gasteiger partial charge in [-0.1, -0.05) is 24.6 Å². The second-order valence-electron chi connectivity index (χ2n) is 8.57. The van der Waals surface area contributed by atoms with Crippen LogP contribution in [0.2, 0.25) is 0 Å². The zero-order valence-electron chi connectivity index (χ0n) is 18.0. The van der Waals surface area contributed by atoms with Gasteiger partial charge in [0.05, 0.1) is 18.7 Å². The number of primary amides is 1. The van der Waals surface area contributed by atoms with Crippen LogP contribution in [0.5, 0.6) is 0 Å². The molecule has 1 amide bonds. The summed E-state index contributed by atoms with van der Waals surface area (Å²) in [6.45, 7) is 4.98. The highest BCUT2D eigenvalue weighted by Crippen LogP contribution is 2.45. The molecule has 2 fully saturated rings. The molecular weight excluding hydrogens is 407 g/mol. The van der Waals surface area contributed by atoms with E-state index in [4.69, 9.17) is 10.7 Å². The fourth-order valence-corrected chi connectivity index (χ4v) is 4.37. The van der Waals surface area contributed by atoms with E-state index >= 15 is 0 Å². The fraction of sp³-hybridized carbons (Fsp3) is 0.636. The minimum atomic E-state index is -4.34. The molecule has 3 rings (SSSR count). The Hall–Kier alpha value is -2.29. The van der Waals surface area contributed by atoms with E-state index in [2.05, 4.69) is 10.6 Å². The van der Waals surface area contributed by atoms with Gasteiger partial charge in [0.1, 0.15) is 0 Å². The molecule has 31 heavy (non-hydrogen) atoms. The van der Waals surface area contributed by atoms with Crippen molar-refractivity contribution >= 4 is 11.9 Å². The molecule has 1 aromatic rings. The van der Waals surface area contributed by atoms with Gasteiger partial charge >= 0.3 is 6.18 Å². The number of rotatable bonds is 7. The molecule has 6 nitrogen and oxygen atoms in total. The summed E-state index contributed by atoms with van der Waals surface area (Å²) in [5, 5.41) is 6.71. The number of carbonyl (C=O) groups excluding carboxylic acids is 1. The number of carbonyl (C=O) groups is 1. The summed E-state index contributed by atoms with van der Waals surface area (Å²) in [4.78, 5) is 17.9. The number of guanidine groups is 1. The number of benzene rings is 1. The molecule has 1 aromatic carbocycles. The topological polar surface area (TPSA) is 82.8 Å². The van der Waals surface area contributed by atoms with E-state index in [0.717, 1.165) is 51.3 Å². The van der Waals surface area contributed by atoms with Crippen molar-refractivity contribution in [1.29, 1.82) is 0 Å². The monoisotopic (exact) mass is 439 g/mol. The molecule has 0 aromatic heterocycles. The van der Waals surface area contributed by atoms with Gasteiger partial charge in [-0.3, -0.25) is 14.7 Å². The second-order valence-corrected chi connectivity index (χ2v) is 8.57. The van der Waals surface area contributed by atoms with Crippen molar-refractivity contribution in [2.24, 2.45) is 10.7 Å². The van der Waals surface area contributed by atoms with Crippen LogP contribution in [-0.4, -0.2) is 55.5 Å². The molecule has 1 saturated heterocycles. The molecule has 9 heteroatoms. The average Bonchev–Trinajstić information content (AvgIpc) is 2.68. The first-order chi connectivity index (χ1) is 14.7. The maximum absolute atomic E-state index is 13.2. The minimum absolute atomic E-state index is 0.229. The molecule has 2 aliphatic rings. The van der Waals surface area contributed by atoms with Crippen molar-refractivity contribution in [2.75, 3.05) is 32.7 Å². The van der Waals surface area contributed by atoms with Crippen LogP contribution in [-0.2, 0) is 16.4 Å². The zero-order valence-corrected chi connectivity index (χ0v) is 18.0. The first-order valence-electron chi connectivity index (χ1n) is 10.9. The number of nitrogens with two attached hydrogens (primary N) is 1. The van der Waals surface area contributed by atoms with Crippen molar-refractivity contribution in [2.45, 2.75) is 56.7 Å². The van der Waals surface area contributed by atoms with Crippen LogP contribution < -0.4 is 16.4 Å². The number of hydrogen-bond acceptors (Lipinski definition) is 3. The summed E-state index contributed by atoms with van der Waals surface area (Å²) >= 11 is 0. The third kappa shape index (κ3) is 6.12. The lowest BCUT2D eigenvalue weighted by molar-refractivity contribution is -0.137. The van der Waals surface area contributed by atoms with E-state index in [-0.39, 0.29) is 23.9 Å². The quantitative estimate of drug-likeness (QED) is 0.451. The lowest BCUT2D eigenvalue weighted by Gasteiger charge is -2.42. The first-order valence-corrected chi connectivity index (χ1v) is 10.9. The Labute approximate surface area is 181 Å². The molecule has 0 radical (unpaired) electrons. The number of amides is 1. The van der Waals surface area contributed by atoms with Crippen LogP contribution in [0, 0.1) is 0 Å². The predicted octanol–water partition coefficient (Wildman–Crippen LogP) is 2.63. The van der Waals surface area contributed by atoms with E-state index in [1.165, 1.54) is 12.1 Å². The smallest absolute Gasteiger partial charge is 0.369 e. The van der Waals surface area contributed by atoms with Gasteiger partial charge in [-0.2, -0.15) is 13.2 Å². The van der Waals surface area contributed by atoms with Crippen molar-refractivity contribution in [1.82, 2.24) is 15.5 Å². The summed E-state index contributed by atoms with van der Waals surface area (Å²) < 4.78 is 39.5. The number of nitrogens with zero attached hydrogens (tertiary/aromatic N) is 2. The van der Waals surface area contributed by atoms with Crippen molar-refractivity contribution in [3.8, 4) is 0 Å². The largest absolute Gasteiger partial charge is 0.416 e. The van der Waals surface area contributed by atoms with E-state index in [1.807, 2.05) is 11.8 Å². The van der Waals surface area contributed by atoms with Gasteiger partial charge in [0.15, 0.2) is 5.96 Å². The van der Waals surface area contributed by atoms with Gasteiger partial charge in [-0.25, -0.2) is 0 Å². The summed E-state index contributed by atoms with van der Waals surface area (Å²) in [7, 11) is 0. The summed E-state index contributed by atoms with van der Waals surface area (Å²) in [5.74, 6) is 0.371. The van der Waals surface area contributed by atoms with Gasteiger partial charge in [0.25, 0.3) is 0 Å². The first kappa shape index (κ1) is 23.4. The minimum Gasteiger partial charge on any atom is -0.369 e. The normalized spacial score (nSPS) is 20.2. The van der Waals surface area contributed by atoms with Crippen LogP contribution >= 0.6 is 0 Å². The van der Waals surface area contributed by atoms with Gasteiger partial charge in [-0.15, -0.1) is 0 Å². The predicted molar refractivity (Wildman–Crippen MR) is 115 cm³/mol. The molecule has 0 bridgehead atoms. The number of hydrogen-bond donors (Lipinski definition) is 3. The van der Waals surface area contributed by atoms with Gasteiger partial charge < -0.3 is 16.4 Å². The molecule has 0 atom stereocenters. The number of alkyl halides is 3. The molecule has 1 saturated carbocycles. The van der Waals surface area contributed by atoms with E-state index < -0.39 is 11.7 Å². The Morgan fingerprint density at radius 2 is 2.00 bits per heavy atom. The standard InChI is InChI=1S/C22H32F3N5O/c1-2-27-20(29-18-7-11-30(12-8-18)14-19(26)31)28-15-21(9-4-10-21)16-5-3-6-17(13-16)22(23,24)25/h3,5-6,13,18H,2,4,7-12,14-15H2,1H3,(H2,26,31)(H2,27,28,29). The van der Waals surface area contributed by atoms with Crippen LogP contribution in [0.1, 0.15) is 50.2 Å². The lowest BCUT2D eigenvalue weighted by atomic mass is 9.64. The van der Waals surface area contributed by atoms with Crippen molar-refractivity contribution < 1.29 is 18.0 Å². The van der Waals surface area contributed by atoms with Gasteiger partial charge in [0.2, 0.25) is 5.91 Å². The lowest BCUT2D eigenvalue weighted by Crippen LogP contribution is -2.50. The Balaban J connectivity index is 1.66. The molecule has 1 aliphatic heterocycles. The SMILES string of the molecule is CCNC(=NCC1(c2cccc(C(F)(F)F)c2)CCC1)NC1CCN(CC(N)=O)CC1. The summed E-state index contributed by atoms with van der Waals surface area (Å²) in [6, 6.07) is 5.91. The molecule has 1 aliphatic carbocycles. The maximum Gasteiger partial charge on any atom is 0.416 e. The van der Waals surface area contributed by atoms with Crippen LogP contribution in [0.4, 0.5) is 13.2 Å². The maximum atomic E-state index is 13.2. The highest BCUT2D eigenvalue weighted by molar-refractivity contribution is 5.80. The third-order valence-corrected chi connectivity index (χ3v) is 6.30. The molecule has 0 spiro atoms. The molecule has 172 valence electrons. The van der Waals surface area contributed by atoms with E-state index in [9.17, 15) is 18.0 Å². The van der Waals surface area contributed by atoms with Crippen LogP contribution in [0.3, 0.4) is 0 Å². The molecule has 4 N–H and O–H groups in total. The van der Waals surface area contributed by atoms with E-state index in [0.29, 0.717) is 24.6 Å². The molecule has 1 heterocycles. The average molecular weight is 440 g/mol. The Kier molecular flexibility index (Phi) is 7.46. The second kappa shape index (κ2) is 9.89. The van der Waals surface area contributed by atoms with Crippen molar-refractivity contribution in [3.63, 3.8) is 0 Å². The zero-order chi connectivity index (χ0) is 22.5. The highest BCUT2D eigenvalue weighted by atomic mass is 19.4. The number of nitrogens with one attached hydrogen (secondary N) is 2. The number of aliphatic imine (C=N–C) groups is 1. The fourth-order valence-electron chi connectivity index (χ4n) is 4.37. The Morgan fingerprint density at radius 1 is 1.29 bits per heavy atom. The number of piperidine rings is 1. The summed E-state index contributed by atoms with van der Waals surface area (Å²) in [6.07, 6.45) is 0.0660. The molecular formula is C22H32F3N5O. The van der Waals surface area contributed by atoms with Crippen molar-refractivity contribution in [3.05, 3.63) is 35.4 Å². The third-order valence-electron chi connectivity index (χ3n) is 6.30. The van der Waals surface area contributed by atoms with Gasteiger partial charge in [0, 0.05) is 31.1 Å². The van der Waals surface area contributed by atoms with E-state index in [1.54, 1.807) is 6.07 Å².